The Hall–Kier alpha value is -3.27. The third-order valence-corrected chi connectivity index (χ3v) is 6.74. The molecule has 30 heavy (non-hydrogen) atoms. The molecule has 1 aromatic heterocycles. The van der Waals surface area contributed by atoms with E-state index in [1.54, 1.807) is 24.3 Å². The predicted molar refractivity (Wildman–Crippen MR) is 112 cm³/mol. The van der Waals surface area contributed by atoms with Crippen LogP contribution < -0.4 is 4.72 Å². The first kappa shape index (κ1) is 20.0. The van der Waals surface area contributed by atoms with Gasteiger partial charge in [-0.15, -0.1) is 10.2 Å². The lowest BCUT2D eigenvalue weighted by Crippen LogP contribution is -2.17. The number of nitro benzene ring substituents is 1. The first-order chi connectivity index (χ1) is 14.4. The van der Waals surface area contributed by atoms with Gasteiger partial charge in [-0.2, -0.15) is 0 Å². The Bertz CT molecular complexity index is 1220. The van der Waals surface area contributed by atoms with E-state index >= 15 is 0 Å². The number of anilines is 1. The summed E-state index contributed by atoms with van der Waals surface area (Å²) in [5.41, 5.74) is 0.717. The number of fused-ring (bicyclic) bond motifs is 1. The summed E-state index contributed by atoms with van der Waals surface area (Å²) in [6, 6.07) is 11.1. The zero-order valence-corrected chi connectivity index (χ0v) is 17.2. The number of aryl methyl sites for hydroxylation is 2. The SMILES string of the molecule is Cc1cccc([N+](=O)[O-])c1S(=O)(=O)Nc1ccccc1-c1nnc2n1CCCCC2. The van der Waals surface area contributed by atoms with Crippen molar-refractivity contribution in [2.24, 2.45) is 0 Å². The number of hydrogen-bond donors (Lipinski definition) is 1. The van der Waals surface area contributed by atoms with Crippen LogP contribution in [0.25, 0.3) is 11.4 Å². The molecule has 3 aromatic rings. The Morgan fingerprint density at radius 2 is 1.87 bits per heavy atom. The highest BCUT2D eigenvalue weighted by molar-refractivity contribution is 7.93. The highest BCUT2D eigenvalue weighted by atomic mass is 32.2. The van der Waals surface area contributed by atoms with E-state index in [4.69, 9.17) is 0 Å². The van der Waals surface area contributed by atoms with Crippen LogP contribution in [0.5, 0.6) is 0 Å². The molecule has 2 aromatic carbocycles. The number of nitrogens with one attached hydrogen (secondary N) is 1. The summed E-state index contributed by atoms with van der Waals surface area (Å²) in [6.45, 7) is 2.30. The molecule has 0 aliphatic carbocycles. The number of aromatic nitrogens is 3. The van der Waals surface area contributed by atoms with E-state index in [1.807, 2.05) is 4.57 Å². The minimum atomic E-state index is -4.21. The summed E-state index contributed by atoms with van der Waals surface area (Å²) in [5.74, 6) is 1.47. The number of nitro groups is 1. The average Bonchev–Trinajstić information content (AvgIpc) is 2.95. The van der Waals surface area contributed by atoms with Crippen molar-refractivity contribution in [3.05, 3.63) is 64.0 Å². The van der Waals surface area contributed by atoms with Crippen LogP contribution in [0.3, 0.4) is 0 Å². The Kier molecular flexibility index (Phi) is 5.25. The molecule has 10 heteroatoms. The molecular weight excluding hydrogens is 406 g/mol. The fourth-order valence-electron chi connectivity index (χ4n) is 3.78. The molecular formula is C20H21N5O4S. The third-order valence-electron chi connectivity index (χ3n) is 5.18. The topological polar surface area (TPSA) is 120 Å². The van der Waals surface area contributed by atoms with Crippen molar-refractivity contribution in [3.8, 4) is 11.4 Å². The standard InChI is InChI=1S/C20H21N5O4S/c1-14-8-7-11-17(25(26)27)19(14)30(28,29)23-16-10-5-4-9-15(16)20-22-21-18-12-3-2-6-13-24(18)20/h4-5,7-11,23H,2-3,6,12-13H2,1H3. The molecule has 0 bridgehead atoms. The number of hydrogen-bond acceptors (Lipinski definition) is 6. The fourth-order valence-corrected chi connectivity index (χ4v) is 5.26. The van der Waals surface area contributed by atoms with Crippen molar-refractivity contribution in [2.75, 3.05) is 4.72 Å². The van der Waals surface area contributed by atoms with Gasteiger partial charge in [0, 0.05) is 24.6 Å². The number of para-hydroxylation sites is 1. The maximum Gasteiger partial charge on any atom is 0.290 e. The summed E-state index contributed by atoms with van der Waals surface area (Å²) in [5, 5.41) is 20.0. The van der Waals surface area contributed by atoms with E-state index in [-0.39, 0.29) is 4.90 Å². The molecule has 4 rings (SSSR count). The van der Waals surface area contributed by atoms with Gasteiger partial charge in [-0.25, -0.2) is 8.42 Å². The van der Waals surface area contributed by atoms with Gasteiger partial charge in [0.25, 0.3) is 15.7 Å². The fraction of sp³-hybridized carbons (Fsp3) is 0.300. The summed E-state index contributed by atoms with van der Waals surface area (Å²) < 4.78 is 30.9. The Morgan fingerprint density at radius 1 is 1.07 bits per heavy atom. The Morgan fingerprint density at radius 3 is 2.67 bits per heavy atom. The van der Waals surface area contributed by atoms with Crippen molar-refractivity contribution < 1.29 is 13.3 Å². The van der Waals surface area contributed by atoms with Crippen molar-refractivity contribution in [2.45, 2.75) is 44.0 Å². The first-order valence-corrected chi connectivity index (χ1v) is 11.1. The van der Waals surface area contributed by atoms with E-state index < -0.39 is 20.6 Å². The van der Waals surface area contributed by atoms with Gasteiger partial charge in [0.05, 0.1) is 10.6 Å². The average molecular weight is 427 g/mol. The number of nitrogens with zero attached hydrogens (tertiary/aromatic N) is 4. The molecule has 0 fully saturated rings. The second-order valence-electron chi connectivity index (χ2n) is 7.23. The number of benzene rings is 2. The van der Waals surface area contributed by atoms with Crippen LogP contribution in [0.4, 0.5) is 11.4 Å². The van der Waals surface area contributed by atoms with Gasteiger partial charge >= 0.3 is 0 Å². The monoisotopic (exact) mass is 427 g/mol. The van der Waals surface area contributed by atoms with Gasteiger partial charge < -0.3 is 4.57 Å². The van der Waals surface area contributed by atoms with Gasteiger partial charge in [-0.3, -0.25) is 14.8 Å². The molecule has 156 valence electrons. The maximum atomic E-state index is 13.2. The molecule has 1 aliphatic rings. The molecule has 1 N–H and O–H groups in total. The van der Waals surface area contributed by atoms with E-state index in [0.29, 0.717) is 22.6 Å². The van der Waals surface area contributed by atoms with Crippen molar-refractivity contribution >= 4 is 21.4 Å². The van der Waals surface area contributed by atoms with E-state index in [0.717, 1.165) is 38.1 Å². The van der Waals surface area contributed by atoms with Gasteiger partial charge in [0.15, 0.2) is 10.7 Å². The zero-order valence-electron chi connectivity index (χ0n) is 16.4. The van der Waals surface area contributed by atoms with Crippen LogP contribution in [-0.4, -0.2) is 28.1 Å². The minimum absolute atomic E-state index is 0.297. The maximum absolute atomic E-state index is 13.2. The highest BCUT2D eigenvalue weighted by Crippen LogP contribution is 2.33. The molecule has 2 heterocycles. The molecule has 0 amide bonds. The normalized spacial score (nSPS) is 14.0. The molecule has 0 radical (unpaired) electrons. The molecule has 0 saturated heterocycles. The second-order valence-corrected chi connectivity index (χ2v) is 8.85. The van der Waals surface area contributed by atoms with Crippen LogP contribution in [0.2, 0.25) is 0 Å². The van der Waals surface area contributed by atoms with Gasteiger partial charge in [0.2, 0.25) is 0 Å². The Balaban J connectivity index is 1.79. The van der Waals surface area contributed by atoms with Crippen LogP contribution in [0.1, 0.15) is 30.7 Å². The summed E-state index contributed by atoms with van der Waals surface area (Å²) in [4.78, 5) is 10.4. The Labute approximate surface area is 174 Å². The van der Waals surface area contributed by atoms with Gasteiger partial charge in [0.1, 0.15) is 5.82 Å². The quantitative estimate of drug-likeness (QED) is 0.490. The first-order valence-electron chi connectivity index (χ1n) is 9.67. The van der Waals surface area contributed by atoms with E-state index in [2.05, 4.69) is 14.9 Å². The molecule has 0 spiro atoms. The van der Waals surface area contributed by atoms with Crippen LogP contribution in [0, 0.1) is 17.0 Å². The van der Waals surface area contributed by atoms with E-state index in [1.165, 1.54) is 25.1 Å². The zero-order chi connectivity index (χ0) is 21.3. The van der Waals surface area contributed by atoms with Crippen molar-refractivity contribution in [1.82, 2.24) is 14.8 Å². The van der Waals surface area contributed by atoms with Crippen LogP contribution in [-0.2, 0) is 23.0 Å². The summed E-state index contributed by atoms with van der Waals surface area (Å²) >= 11 is 0. The minimum Gasteiger partial charge on any atom is -0.311 e. The molecule has 0 saturated carbocycles. The molecule has 1 aliphatic heterocycles. The van der Waals surface area contributed by atoms with Gasteiger partial charge in [-0.1, -0.05) is 30.7 Å². The van der Waals surface area contributed by atoms with Crippen LogP contribution in [0.15, 0.2) is 47.4 Å². The third kappa shape index (κ3) is 3.65. The molecule has 0 unspecified atom stereocenters. The molecule has 0 atom stereocenters. The lowest BCUT2D eigenvalue weighted by atomic mass is 10.1. The lowest BCUT2D eigenvalue weighted by molar-refractivity contribution is -0.387. The summed E-state index contributed by atoms with van der Waals surface area (Å²) in [7, 11) is -4.21. The smallest absolute Gasteiger partial charge is 0.290 e. The number of sulfonamides is 1. The lowest BCUT2D eigenvalue weighted by Gasteiger charge is -2.14. The van der Waals surface area contributed by atoms with Crippen molar-refractivity contribution in [1.29, 1.82) is 0 Å². The molecule has 9 nitrogen and oxygen atoms in total. The van der Waals surface area contributed by atoms with Crippen LogP contribution >= 0.6 is 0 Å². The second kappa shape index (κ2) is 7.86. The number of rotatable bonds is 5. The van der Waals surface area contributed by atoms with Crippen molar-refractivity contribution in [3.63, 3.8) is 0 Å². The predicted octanol–water partition coefficient (Wildman–Crippen LogP) is 3.69. The van der Waals surface area contributed by atoms with Gasteiger partial charge in [-0.05, 0) is 37.5 Å². The highest BCUT2D eigenvalue weighted by Gasteiger charge is 2.29. The largest absolute Gasteiger partial charge is 0.311 e. The van der Waals surface area contributed by atoms with E-state index in [9.17, 15) is 18.5 Å². The summed E-state index contributed by atoms with van der Waals surface area (Å²) in [6.07, 6.45) is 3.98.